The van der Waals surface area contributed by atoms with Crippen LogP contribution in [0.3, 0.4) is 0 Å². The van der Waals surface area contributed by atoms with Crippen molar-refractivity contribution in [3.05, 3.63) is 12.2 Å². The Kier molecular flexibility index (Phi) is 24.2. The van der Waals surface area contributed by atoms with Gasteiger partial charge in [-0.1, -0.05) is 39.3 Å². The molecule has 5 amide bonds. The summed E-state index contributed by atoms with van der Waals surface area (Å²) in [5.41, 5.74) is 0.0193. The summed E-state index contributed by atoms with van der Waals surface area (Å²) in [6.45, 7) is 12.4. The van der Waals surface area contributed by atoms with Crippen LogP contribution in [0.25, 0.3) is 0 Å². The first-order chi connectivity index (χ1) is 30.9. The van der Waals surface area contributed by atoms with Crippen LogP contribution in [0.4, 0.5) is 4.79 Å². The minimum Gasteiger partial charge on any atom is -0.447 e. The summed E-state index contributed by atoms with van der Waals surface area (Å²) >= 11 is 3.58. The number of amidine groups is 1. The molecule has 0 saturated carbocycles. The number of nitrogens with one attached hydrogen (secondary N) is 4. The number of carbonyl (C=O) groups is 5. The third-order valence-electron chi connectivity index (χ3n) is 12.6. The monoisotopic (exact) mass is 1050 g/mol. The normalized spacial score (nSPS) is 26.7. The zero-order valence-electron chi connectivity index (χ0n) is 39.4. The van der Waals surface area contributed by atoms with E-state index in [1.165, 1.54) is 38.0 Å². The van der Waals surface area contributed by atoms with Crippen molar-refractivity contribution in [3.63, 3.8) is 0 Å². The molecule has 65 heavy (non-hydrogen) atoms. The molecule has 0 radical (unpaired) electrons. The Hall–Kier alpha value is -2.86. The molecule has 19 nitrogen and oxygen atoms in total. The van der Waals surface area contributed by atoms with Gasteiger partial charge in [-0.2, -0.15) is 0 Å². The number of likely N-dealkylation sites (tertiary alicyclic amines) is 1. The second-order valence-electron chi connectivity index (χ2n) is 17.4. The van der Waals surface area contributed by atoms with Crippen molar-refractivity contribution in [2.75, 3.05) is 60.4 Å². The van der Waals surface area contributed by atoms with E-state index in [-0.39, 0.29) is 73.8 Å². The largest absolute Gasteiger partial charge is 0.447 e. The van der Waals surface area contributed by atoms with Gasteiger partial charge in [0.1, 0.15) is 12.7 Å². The number of unbranched alkanes of at least 4 members (excludes halogenated alkanes) is 2. The van der Waals surface area contributed by atoms with Crippen LogP contribution in [0.15, 0.2) is 12.2 Å². The topological polar surface area (TPSA) is 247 Å². The summed E-state index contributed by atoms with van der Waals surface area (Å²) in [5, 5.41) is 33.3. The molecule has 3 aliphatic rings. The molecule has 370 valence electrons. The van der Waals surface area contributed by atoms with Crippen molar-refractivity contribution in [3.8, 4) is 0 Å². The highest BCUT2D eigenvalue weighted by Crippen LogP contribution is 2.41. The molecule has 6 N–H and O–H groups in total. The minimum absolute atomic E-state index is 0.00326. The maximum Gasteiger partial charge on any atom is 0.407 e. The first kappa shape index (κ1) is 56.5. The molecule has 3 aliphatic heterocycles. The van der Waals surface area contributed by atoms with Crippen LogP contribution in [-0.4, -0.2) is 169 Å². The molecule has 21 heteroatoms. The zero-order valence-corrected chi connectivity index (χ0v) is 42.3. The van der Waals surface area contributed by atoms with Gasteiger partial charge < -0.3 is 54.6 Å². The second-order valence-corrected chi connectivity index (χ2v) is 19.2. The Bertz CT molecular complexity index is 1670. The average Bonchev–Trinajstić information content (AvgIpc) is 3.55. The first-order valence-electron chi connectivity index (χ1n) is 22.4. The van der Waals surface area contributed by atoms with E-state index in [1.807, 2.05) is 34.7 Å². The Balaban J connectivity index is 1.33. The quantitative estimate of drug-likeness (QED) is 0.0106. The molecule has 1 unspecified atom stereocenters. The van der Waals surface area contributed by atoms with Gasteiger partial charge in [-0.05, 0) is 38.4 Å². The molecule has 0 bridgehead atoms. The van der Waals surface area contributed by atoms with Crippen LogP contribution < -0.4 is 25.9 Å². The molecular formula is C44H74IN6O13S+. The van der Waals surface area contributed by atoms with E-state index in [9.17, 15) is 34.2 Å². The number of hydrogen-bond acceptors (Lipinski definition) is 14. The number of nitrogens with zero attached hydrogens (tertiary/aromatic N) is 2. The predicted molar refractivity (Wildman–Crippen MR) is 255 cm³/mol. The molecule has 0 spiro atoms. The number of aliphatic hydroxyl groups is 2. The fourth-order valence-corrected chi connectivity index (χ4v) is 9.39. The summed E-state index contributed by atoms with van der Waals surface area (Å²) in [7, 11) is 6.04. The summed E-state index contributed by atoms with van der Waals surface area (Å²) in [4.78, 5) is 65.0. The lowest BCUT2D eigenvalue weighted by Gasteiger charge is -2.48. The summed E-state index contributed by atoms with van der Waals surface area (Å²) in [5.74, 6) is -1.20. The van der Waals surface area contributed by atoms with E-state index in [0.29, 0.717) is 45.2 Å². The molecule has 0 aliphatic carbocycles. The van der Waals surface area contributed by atoms with Crippen molar-refractivity contribution in [2.24, 2.45) is 11.3 Å². The van der Waals surface area contributed by atoms with Gasteiger partial charge in [-0.3, -0.25) is 29.4 Å². The summed E-state index contributed by atoms with van der Waals surface area (Å²) < 4.78 is 40.6. The average molecular weight is 1050 g/mol. The molecular weight excluding hydrogens is 979 g/mol. The molecule has 0 aromatic rings. The van der Waals surface area contributed by atoms with E-state index in [2.05, 4.69) is 55.1 Å². The molecule has 0 aromatic heterocycles. The van der Waals surface area contributed by atoms with Crippen molar-refractivity contribution in [1.82, 2.24) is 30.8 Å². The standard InChI is InChI=1S/C44H73IN6O13S/c1-27-24-44(61-9,64-29(3)28(27)2)38(55)39(56)50-40(60-8)31-22-33(52)43(4,5)34(63-31)21-30(59-7)25-62-42(58)48-18-14-17-47-36(53)16-11-10-12-19-51-37(54)23-32(41(51)57)65-20-13-15-35(46-6)49-26-45/h26,28-34,38,40,52,55H,1,10-25H2,2-9H3,(H3,47,48,50,53,56,58)/p+1/t28-,29-,30+,31+,32?,33-,34-,38-,40+,44-/m1/s1. The van der Waals surface area contributed by atoms with Gasteiger partial charge in [0.15, 0.2) is 12.3 Å². The number of imide groups is 1. The van der Waals surface area contributed by atoms with Crippen LogP contribution >= 0.6 is 34.4 Å². The number of amides is 5. The van der Waals surface area contributed by atoms with E-state index >= 15 is 0 Å². The van der Waals surface area contributed by atoms with Gasteiger partial charge in [0.2, 0.25) is 27.7 Å². The van der Waals surface area contributed by atoms with Crippen molar-refractivity contribution in [2.45, 2.75) is 152 Å². The van der Waals surface area contributed by atoms with Crippen LogP contribution in [0.1, 0.15) is 98.3 Å². The molecule has 3 fully saturated rings. The summed E-state index contributed by atoms with van der Waals surface area (Å²) in [6, 6.07) is 0. The van der Waals surface area contributed by atoms with Crippen LogP contribution in [0, 0.1) is 11.3 Å². The number of aliphatic hydroxyl groups excluding tert-OH is 2. The van der Waals surface area contributed by atoms with E-state index in [0.717, 1.165) is 30.0 Å². The number of ether oxygens (including phenoxy) is 6. The number of methoxy groups -OCH3 is 3. The van der Waals surface area contributed by atoms with Crippen molar-refractivity contribution < 1.29 is 62.6 Å². The van der Waals surface area contributed by atoms with Gasteiger partial charge in [0.05, 0.1) is 43.1 Å². The molecule has 3 rings (SSSR count). The van der Waals surface area contributed by atoms with Crippen molar-refractivity contribution in [1.29, 1.82) is 0 Å². The Morgan fingerprint density at radius 1 is 1.06 bits per heavy atom. The highest BCUT2D eigenvalue weighted by atomic mass is 127. The highest BCUT2D eigenvalue weighted by Gasteiger charge is 2.52. The maximum atomic E-state index is 13.4. The van der Waals surface area contributed by atoms with Gasteiger partial charge in [-0.25, -0.2) is 9.46 Å². The number of carbonyl (C=O) groups excluding carboxylic acids is 5. The van der Waals surface area contributed by atoms with E-state index in [4.69, 9.17) is 28.4 Å². The van der Waals surface area contributed by atoms with Gasteiger partial charge >= 0.3 is 11.9 Å². The highest BCUT2D eigenvalue weighted by molar-refractivity contribution is 14.1. The first-order valence-corrected chi connectivity index (χ1v) is 24.7. The third-order valence-corrected chi connectivity index (χ3v) is 14.2. The fraction of sp³-hybridized carbons (Fsp3) is 0.795. The molecule has 10 atom stereocenters. The molecule has 0 aromatic carbocycles. The summed E-state index contributed by atoms with van der Waals surface area (Å²) in [6.07, 6.45) is -1.71. The lowest BCUT2D eigenvalue weighted by atomic mass is 9.74. The van der Waals surface area contributed by atoms with Crippen LogP contribution in [0.5, 0.6) is 0 Å². The molecule has 3 saturated heterocycles. The number of hydrogen-bond donors (Lipinski definition) is 6. The number of rotatable bonds is 26. The number of thioether (sulfide) groups is 1. The predicted octanol–water partition coefficient (Wildman–Crippen LogP) is 2.31. The van der Waals surface area contributed by atoms with Crippen LogP contribution in [0.2, 0.25) is 0 Å². The lowest BCUT2D eigenvalue weighted by molar-refractivity contribution is -0.298. The number of halogens is 1. The van der Waals surface area contributed by atoms with Crippen molar-refractivity contribution >= 4 is 74.1 Å². The number of alkyl carbamates (subject to hydrolysis) is 1. The third kappa shape index (κ3) is 16.7. The fourth-order valence-electron chi connectivity index (χ4n) is 7.93. The van der Waals surface area contributed by atoms with Gasteiger partial charge in [0, 0.05) is 107 Å². The van der Waals surface area contributed by atoms with Gasteiger partial charge in [0.25, 0.3) is 5.91 Å². The zero-order chi connectivity index (χ0) is 48.3. The van der Waals surface area contributed by atoms with E-state index in [1.54, 1.807) is 4.22 Å². The molecule has 3 heterocycles. The van der Waals surface area contributed by atoms with E-state index < -0.39 is 60.0 Å². The second kappa shape index (κ2) is 27.8. The Labute approximate surface area is 401 Å². The lowest BCUT2D eigenvalue weighted by Crippen LogP contribution is -2.62. The minimum atomic E-state index is -1.73. The Morgan fingerprint density at radius 2 is 1.78 bits per heavy atom. The Morgan fingerprint density at radius 3 is 2.43 bits per heavy atom. The SMILES string of the molecule is C=C1C[C@](OC)([C@H](O)C(=O)N[C@@H](OC)[C@@H]2C[C@@H](O)C(C)(C)[C@@H](C[C@@H](COC(=O)NCCCNC(=O)CCCCCN3C(=O)CC(SCCCC(=[N+]=CI)NC)C3=O)OC)O2)O[C@H](C)[C@@H]1C. The maximum absolute atomic E-state index is 13.4. The van der Waals surface area contributed by atoms with Gasteiger partial charge in [-0.15, -0.1) is 11.8 Å². The van der Waals surface area contributed by atoms with Crippen LogP contribution in [-0.2, 0) is 47.6 Å². The smallest absolute Gasteiger partial charge is 0.407 e.